The zero-order valence-corrected chi connectivity index (χ0v) is 22.1. The molecule has 0 saturated carbocycles. The fourth-order valence-corrected chi connectivity index (χ4v) is 5.17. The maximum atomic E-state index is 13.6. The van der Waals surface area contributed by atoms with Gasteiger partial charge in [-0.3, -0.25) is 14.4 Å². The minimum absolute atomic E-state index is 0.0161. The number of hydrogen-bond acceptors (Lipinski definition) is 3. The summed E-state index contributed by atoms with van der Waals surface area (Å²) in [7, 11) is 0. The molecule has 1 heterocycles. The molecule has 1 atom stereocenters. The van der Waals surface area contributed by atoms with Crippen molar-refractivity contribution < 1.29 is 14.4 Å². The minimum Gasteiger partial charge on any atom is -0.354 e. The SMILES string of the molecule is CCCCNC(=O)C(CC)N(Cc1cccc(C)c1)C(=O)CCCN1C(=O)c2cccc3cccc1c23. The van der Waals surface area contributed by atoms with Crippen LogP contribution in [0.1, 0.15) is 67.4 Å². The molecule has 0 spiro atoms. The zero-order valence-electron chi connectivity index (χ0n) is 22.1. The molecule has 1 unspecified atom stereocenters. The topological polar surface area (TPSA) is 69.7 Å². The molecular formula is C31H37N3O3. The average molecular weight is 500 g/mol. The molecule has 194 valence electrons. The van der Waals surface area contributed by atoms with E-state index in [-0.39, 0.29) is 24.1 Å². The lowest BCUT2D eigenvalue weighted by Crippen LogP contribution is -2.49. The van der Waals surface area contributed by atoms with Gasteiger partial charge in [0.1, 0.15) is 6.04 Å². The zero-order chi connectivity index (χ0) is 26.4. The Bertz CT molecular complexity index is 1280. The van der Waals surface area contributed by atoms with Gasteiger partial charge in [-0.15, -0.1) is 0 Å². The van der Waals surface area contributed by atoms with Gasteiger partial charge < -0.3 is 15.1 Å². The van der Waals surface area contributed by atoms with Crippen LogP contribution in [0.15, 0.2) is 60.7 Å². The van der Waals surface area contributed by atoms with E-state index in [1.807, 2.05) is 68.4 Å². The van der Waals surface area contributed by atoms with Crippen LogP contribution in [-0.4, -0.2) is 41.8 Å². The van der Waals surface area contributed by atoms with Crippen molar-refractivity contribution in [2.75, 3.05) is 18.0 Å². The second-order valence-electron chi connectivity index (χ2n) is 9.82. The largest absolute Gasteiger partial charge is 0.354 e. The fraction of sp³-hybridized carbons (Fsp3) is 0.387. The molecule has 3 amide bonds. The summed E-state index contributed by atoms with van der Waals surface area (Å²) < 4.78 is 0. The molecular weight excluding hydrogens is 462 g/mol. The van der Waals surface area contributed by atoms with Crippen LogP contribution < -0.4 is 10.2 Å². The van der Waals surface area contributed by atoms with Crippen LogP contribution >= 0.6 is 0 Å². The molecule has 4 rings (SSSR count). The van der Waals surface area contributed by atoms with Crippen molar-refractivity contribution in [3.63, 3.8) is 0 Å². The van der Waals surface area contributed by atoms with Crippen LogP contribution in [0, 0.1) is 6.92 Å². The second-order valence-corrected chi connectivity index (χ2v) is 9.82. The number of nitrogens with one attached hydrogen (secondary N) is 1. The predicted molar refractivity (Wildman–Crippen MR) is 149 cm³/mol. The van der Waals surface area contributed by atoms with E-state index in [4.69, 9.17) is 0 Å². The van der Waals surface area contributed by atoms with E-state index in [1.165, 1.54) is 0 Å². The summed E-state index contributed by atoms with van der Waals surface area (Å²) in [6, 6.07) is 19.3. The van der Waals surface area contributed by atoms with Crippen LogP contribution in [0.5, 0.6) is 0 Å². The third-order valence-corrected chi connectivity index (χ3v) is 7.07. The van der Waals surface area contributed by atoms with Crippen LogP contribution in [-0.2, 0) is 16.1 Å². The molecule has 0 saturated heterocycles. The van der Waals surface area contributed by atoms with Gasteiger partial charge in [0.15, 0.2) is 0 Å². The summed E-state index contributed by atoms with van der Waals surface area (Å²) in [5.41, 5.74) is 3.75. The molecule has 6 nitrogen and oxygen atoms in total. The number of carbonyl (C=O) groups is 3. The molecule has 1 aliphatic heterocycles. The molecule has 3 aromatic carbocycles. The minimum atomic E-state index is -0.531. The van der Waals surface area contributed by atoms with E-state index in [1.54, 1.807) is 9.80 Å². The van der Waals surface area contributed by atoms with Crippen molar-refractivity contribution in [1.82, 2.24) is 10.2 Å². The van der Waals surface area contributed by atoms with Crippen LogP contribution in [0.3, 0.4) is 0 Å². The summed E-state index contributed by atoms with van der Waals surface area (Å²) in [5.74, 6) is -0.187. The molecule has 0 aliphatic carbocycles. The molecule has 37 heavy (non-hydrogen) atoms. The summed E-state index contributed by atoms with van der Waals surface area (Å²) in [5, 5.41) is 5.04. The molecule has 3 aromatic rings. The summed E-state index contributed by atoms with van der Waals surface area (Å²) in [6.45, 7) is 7.50. The van der Waals surface area contributed by atoms with Gasteiger partial charge in [0, 0.05) is 37.0 Å². The first-order valence-corrected chi connectivity index (χ1v) is 13.4. The summed E-state index contributed by atoms with van der Waals surface area (Å²) in [4.78, 5) is 43.2. The van der Waals surface area contributed by atoms with Crippen molar-refractivity contribution in [3.05, 3.63) is 77.4 Å². The van der Waals surface area contributed by atoms with Crippen LogP contribution in [0.25, 0.3) is 10.8 Å². The number of amides is 3. The maximum Gasteiger partial charge on any atom is 0.258 e. The van der Waals surface area contributed by atoms with Gasteiger partial charge in [-0.2, -0.15) is 0 Å². The standard InChI is InChI=1S/C31H37N3O3/c1-4-6-18-32-30(36)26(5-2)34(21-23-12-7-11-22(3)20-23)28(35)17-10-19-33-27-16-9-14-24-13-8-15-25(29(24)27)31(33)37/h7-9,11-16,20,26H,4-6,10,17-19,21H2,1-3H3,(H,32,36). The maximum absolute atomic E-state index is 13.6. The van der Waals surface area contributed by atoms with Gasteiger partial charge in [-0.1, -0.05) is 74.4 Å². The Labute approximate surface area is 219 Å². The number of carbonyl (C=O) groups excluding carboxylic acids is 3. The number of nitrogens with zero attached hydrogens (tertiary/aromatic N) is 2. The molecule has 6 heteroatoms. The van der Waals surface area contributed by atoms with Gasteiger partial charge >= 0.3 is 0 Å². The summed E-state index contributed by atoms with van der Waals surface area (Å²) >= 11 is 0. The first-order chi connectivity index (χ1) is 17.9. The highest BCUT2D eigenvalue weighted by Crippen LogP contribution is 2.37. The van der Waals surface area contributed by atoms with E-state index in [9.17, 15) is 14.4 Å². The average Bonchev–Trinajstić information content (AvgIpc) is 3.17. The first-order valence-electron chi connectivity index (χ1n) is 13.4. The van der Waals surface area contributed by atoms with Gasteiger partial charge in [0.2, 0.25) is 11.8 Å². The Hall–Kier alpha value is -3.67. The highest BCUT2D eigenvalue weighted by Gasteiger charge is 2.31. The van der Waals surface area contributed by atoms with Crippen molar-refractivity contribution >= 4 is 34.2 Å². The van der Waals surface area contributed by atoms with E-state index in [0.29, 0.717) is 32.5 Å². The number of hydrogen-bond donors (Lipinski definition) is 1. The monoisotopic (exact) mass is 499 g/mol. The van der Waals surface area contributed by atoms with Crippen LogP contribution in [0.4, 0.5) is 5.69 Å². The Balaban J connectivity index is 1.47. The Kier molecular flexibility index (Phi) is 8.59. The highest BCUT2D eigenvalue weighted by atomic mass is 16.2. The van der Waals surface area contributed by atoms with E-state index in [2.05, 4.69) is 18.3 Å². The lowest BCUT2D eigenvalue weighted by atomic mass is 10.1. The third kappa shape index (κ3) is 5.85. The van der Waals surface area contributed by atoms with E-state index >= 15 is 0 Å². The normalized spacial score (nSPS) is 13.2. The molecule has 0 radical (unpaired) electrons. The predicted octanol–water partition coefficient (Wildman–Crippen LogP) is 5.61. The lowest BCUT2D eigenvalue weighted by molar-refractivity contribution is -0.141. The fourth-order valence-electron chi connectivity index (χ4n) is 5.17. The number of aryl methyl sites for hydroxylation is 1. The number of unbranched alkanes of at least 4 members (excludes halogenated alkanes) is 1. The Morgan fingerprint density at radius 1 is 1.00 bits per heavy atom. The third-order valence-electron chi connectivity index (χ3n) is 7.07. The second kappa shape index (κ2) is 12.0. The van der Waals surface area contributed by atoms with Gasteiger partial charge in [-0.05, 0) is 49.3 Å². The number of anilines is 1. The van der Waals surface area contributed by atoms with Crippen molar-refractivity contribution in [1.29, 1.82) is 0 Å². The van der Waals surface area contributed by atoms with Gasteiger partial charge in [0.05, 0.1) is 5.69 Å². The van der Waals surface area contributed by atoms with Crippen LogP contribution in [0.2, 0.25) is 0 Å². The molecule has 1 N–H and O–H groups in total. The molecule has 1 aliphatic rings. The van der Waals surface area contributed by atoms with Crippen molar-refractivity contribution in [2.24, 2.45) is 0 Å². The van der Waals surface area contributed by atoms with Crippen molar-refractivity contribution in [3.8, 4) is 0 Å². The van der Waals surface area contributed by atoms with Gasteiger partial charge in [-0.25, -0.2) is 0 Å². The Morgan fingerprint density at radius 3 is 2.49 bits per heavy atom. The van der Waals surface area contributed by atoms with E-state index in [0.717, 1.165) is 46.0 Å². The quantitative estimate of drug-likeness (QED) is 0.329. The highest BCUT2D eigenvalue weighted by molar-refractivity contribution is 6.25. The Morgan fingerprint density at radius 2 is 1.76 bits per heavy atom. The summed E-state index contributed by atoms with van der Waals surface area (Å²) in [6.07, 6.45) is 3.23. The molecule has 0 bridgehead atoms. The number of rotatable bonds is 12. The number of benzene rings is 3. The lowest BCUT2D eigenvalue weighted by Gasteiger charge is -2.31. The molecule has 0 aromatic heterocycles. The molecule has 0 fully saturated rings. The van der Waals surface area contributed by atoms with Crippen molar-refractivity contribution in [2.45, 2.75) is 65.5 Å². The first kappa shape index (κ1) is 26.4. The van der Waals surface area contributed by atoms with E-state index < -0.39 is 6.04 Å². The smallest absolute Gasteiger partial charge is 0.258 e. The van der Waals surface area contributed by atoms with Gasteiger partial charge in [0.25, 0.3) is 5.91 Å².